The van der Waals surface area contributed by atoms with E-state index in [0.29, 0.717) is 5.92 Å². The average Bonchev–Trinajstić information content (AvgIpc) is 2.61. The molecule has 0 spiro atoms. The van der Waals surface area contributed by atoms with Gasteiger partial charge >= 0.3 is 0 Å². The first-order valence-electron chi connectivity index (χ1n) is 7.88. The van der Waals surface area contributed by atoms with Gasteiger partial charge in [0.05, 0.1) is 4.92 Å². The van der Waals surface area contributed by atoms with Gasteiger partial charge in [0.25, 0.3) is 11.6 Å². The molecule has 0 aromatic heterocycles. The van der Waals surface area contributed by atoms with Gasteiger partial charge in [0.1, 0.15) is 5.56 Å². The first-order valence-corrected chi connectivity index (χ1v) is 8.29. The van der Waals surface area contributed by atoms with E-state index in [9.17, 15) is 14.9 Å². The van der Waals surface area contributed by atoms with E-state index in [1.165, 1.54) is 18.2 Å². The van der Waals surface area contributed by atoms with Crippen LogP contribution in [0.3, 0.4) is 0 Å². The zero-order chi connectivity index (χ0) is 18.4. The Kier molecular flexibility index (Phi) is 6.19. The monoisotopic (exact) mass is 357 g/mol. The molecular weight excluding hydrogens is 338 g/mol. The molecule has 2 aromatic rings. The normalized spacial score (nSPS) is 11.4. The van der Waals surface area contributed by atoms with Crippen molar-refractivity contribution in [2.24, 2.45) is 0 Å². The minimum Gasteiger partial charge on any atom is -0.332 e. The van der Waals surface area contributed by atoms with Crippen LogP contribution < -0.4 is 10.6 Å². The highest BCUT2D eigenvalue weighted by atomic mass is 32.1. The fourth-order valence-electron chi connectivity index (χ4n) is 2.41. The molecule has 0 fully saturated rings. The van der Waals surface area contributed by atoms with Crippen LogP contribution in [-0.2, 0) is 0 Å². The lowest BCUT2D eigenvalue weighted by molar-refractivity contribution is -0.385. The standard InChI is InChI=1S/C18H19N3O3S/c1-3-12(2)13-8-4-6-10-15(13)19-18(25)20-17(22)14-9-5-7-11-16(14)21(23)24/h4-12H,3H2,1-2H3,(H2,19,20,22,25)/t12-/m1/s1. The smallest absolute Gasteiger partial charge is 0.282 e. The van der Waals surface area contributed by atoms with Crippen LogP contribution in [0.2, 0.25) is 0 Å². The highest BCUT2D eigenvalue weighted by Gasteiger charge is 2.20. The molecule has 0 aliphatic heterocycles. The van der Waals surface area contributed by atoms with E-state index in [1.54, 1.807) is 6.07 Å². The maximum Gasteiger partial charge on any atom is 0.282 e. The van der Waals surface area contributed by atoms with Crippen molar-refractivity contribution in [2.45, 2.75) is 26.2 Å². The molecule has 0 unspecified atom stereocenters. The number of nitro benzene ring substituents is 1. The van der Waals surface area contributed by atoms with Crippen molar-refractivity contribution in [3.8, 4) is 0 Å². The van der Waals surface area contributed by atoms with Crippen LogP contribution in [-0.4, -0.2) is 15.9 Å². The van der Waals surface area contributed by atoms with E-state index in [-0.39, 0.29) is 16.4 Å². The highest BCUT2D eigenvalue weighted by molar-refractivity contribution is 7.80. The van der Waals surface area contributed by atoms with Gasteiger partial charge in [-0.15, -0.1) is 0 Å². The first-order chi connectivity index (χ1) is 11.9. The van der Waals surface area contributed by atoms with Gasteiger partial charge in [0, 0.05) is 11.8 Å². The lowest BCUT2D eigenvalue weighted by Crippen LogP contribution is -2.34. The minimum absolute atomic E-state index is 0.0353. The van der Waals surface area contributed by atoms with Crippen molar-refractivity contribution in [3.05, 3.63) is 69.8 Å². The Balaban J connectivity index is 2.14. The minimum atomic E-state index is -0.620. The number of carbonyl (C=O) groups is 1. The Morgan fingerprint density at radius 1 is 1.20 bits per heavy atom. The number of thiocarbonyl (C=S) groups is 1. The van der Waals surface area contributed by atoms with E-state index in [0.717, 1.165) is 17.7 Å². The van der Waals surface area contributed by atoms with Gasteiger partial charge < -0.3 is 5.32 Å². The first kappa shape index (κ1) is 18.5. The number of hydrogen-bond acceptors (Lipinski definition) is 4. The van der Waals surface area contributed by atoms with Crippen LogP contribution in [0.5, 0.6) is 0 Å². The molecule has 0 aliphatic rings. The van der Waals surface area contributed by atoms with Crippen LogP contribution >= 0.6 is 12.2 Å². The molecule has 1 amide bonds. The average molecular weight is 357 g/mol. The van der Waals surface area contributed by atoms with E-state index in [4.69, 9.17) is 12.2 Å². The predicted molar refractivity (Wildman–Crippen MR) is 102 cm³/mol. The Morgan fingerprint density at radius 3 is 2.52 bits per heavy atom. The molecule has 7 heteroatoms. The number of nitrogens with zero attached hydrogens (tertiary/aromatic N) is 1. The molecule has 2 N–H and O–H groups in total. The topological polar surface area (TPSA) is 84.3 Å². The summed E-state index contributed by atoms with van der Waals surface area (Å²) < 4.78 is 0. The number of benzene rings is 2. The second-order valence-corrected chi connectivity index (χ2v) is 5.99. The fourth-order valence-corrected chi connectivity index (χ4v) is 2.61. The van der Waals surface area contributed by atoms with Gasteiger partial charge in [-0.05, 0) is 42.3 Å². The third-order valence-electron chi connectivity index (χ3n) is 3.92. The van der Waals surface area contributed by atoms with Crippen LogP contribution in [0, 0.1) is 10.1 Å². The Labute approximate surface area is 151 Å². The summed E-state index contributed by atoms with van der Waals surface area (Å²) in [6, 6.07) is 13.5. The molecule has 0 bridgehead atoms. The molecule has 6 nitrogen and oxygen atoms in total. The number of rotatable bonds is 5. The molecule has 25 heavy (non-hydrogen) atoms. The van der Waals surface area contributed by atoms with Crippen LogP contribution in [0.4, 0.5) is 11.4 Å². The van der Waals surface area contributed by atoms with Crippen molar-refractivity contribution >= 4 is 34.6 Å². The van der Waals surface area contributed by atoms with Gasteiger partial charge in [0.15, 0.2) is 5.11 Å². The van der Waals surface area contributed by atoms with Gasteiger partial charge in [-0.2, -0.15) is 0 Å². The van der Waals surface area contributed by atoms with E-state index in [1.807, 2.05) is 24.3 Å². The SMILES string of the molecule is CC[C@@H](C)c1ccccc1NC(=S)NC(=O)c1ccccc1[N+](=O)[O-]. The Morgan fingerprint density at radius 2 is 1.84 bits per heavy atom. The number of para-hydroxylation sites is 2. The number of nitro groups is 1. The largest absolute Gasteiger partial charge is 0.332 e. The summed E-state index contributed by atoms with van der Waals surface area (Å²) in [4.78, 5) is 22.7. The second kappa shape index (κ2) is 8.34. The van der Waals surface area contributed by atoms with Crippen molar-refractivity contribution in [1.29, 1.82) is 0 Å². The molecular formula is C18H19N3O3S. The van der Waals surface area contributed by atoms with E-state index >= 15 is 0 Å². The number of carbonyl (C=O) groups excluding carboxylic acids is 1. The third-order valence-corrected chi connectivity index (χ3v) is 4.13. The molecule has 0 heterocycles. The molecule has 0 aliphatic carbocycles. The highest BCUT2D eigenvalue weighted by Crippen LogP contribution is 2.26. The van der Waals surface area contributed by atoms with Crippen molar-refractivity contribution in [2.75, 3.05) is 5.32 Å². The zero-order valence-electron chi connectivity index (χ0n) is 14.0. The zero-order valence-corrected chi connectivity index (χ0v) is 14.8. The maximum atomic E-state index is 12.3. The van der Waals surface area contributed by atoms with E-state index in [2.05, 4.69) is 24.5 Å². The van der Waals surface area contributed by atoms with Crippen molar-refractivity contribution < 1.29 is 9.72 Å². The molecule has 1 atom stereocenters. The molecule has 130 valence electrons. The van der Waals surface area contributed by atoms with Crippen LogP contribution in [0.1, 0.15) is 42.1 Å². The number of anilines is 1. The maximum absolute atomic E-state index is 12.3. The summed E-state index contributed by atoms with van der Waals surface area (Å²) in [6.07, 6.45) is 0.966. The third kappa shape index (κ3) is 4.60. The molecule has 0 radical (unpaired) electrons. The number of nitrogens with one attached hydrogen (secondary N) is 2. The summed E-state index contributed by atoms with van der Waals surface area (Å²) >= 11 is 5.19. The number of hydrogen-bond donors (Lipinski definition) is 2. The van der Waals surface area contributed by atoms with Gasteiger partial charge in [-0.25, -0.2) is 0 Å². The molecule has 2 rings (SSSR count). The van der Waals surface area contributed by atoms with Crippen LogP contribution in [0.15, 0.2) is 48.5 Å². The fraction of sp³-hybridized carbons (Fsp3) is 0.222. The summed E-state index contributed by atoms with van der Waals surface area (Å²) in [5.41, 5.74) is 1.60. The molecule has 0 saturated carbocycles. The summed E-state index contributed by atoms with van der Waals surface area (Å²) in [5, 5.41) is 16.6. The lowest BCUT2D eigenvalue weighted by Gasteiger charge is -2.17. The lowest BCUT2D eigenvalue weighted by atomic mass is 9.97. The predicted octanol–water partition coefficient (Wildman–Crippen LogP) is 4.24. The van der Waals surface area contributed by atoms with Gasteiger partial charge in [-0.1, -0.05) is 44.2 Å². The van der Waals surface area contributed by atoms with E-state index < -0.39 is 10.8 Å². The number of amides is 1. The Bertz CT molecular complexity index is 808. The quantitative estimate of drug-likeness (QED) is 0.475. The molecule has 2 aromatic carbocycles. The summed E-state index contributed by atoms with van der Waals surface area (Å²) in [6.45, 7) is 4.20. The molecule has 0 saturated heterocycles. The summed E-state index contributed by atoms with van der Waals surface area (Å²) in [7, 11) is 0. The second-order valence-electron chi connectivity index (χ2n) is 5.58. The van der Waals surface area contributed by atoms with Gasteiger partial charge in [0.2, 0.25) is 0 Å². The van der Waals surface area contributed by atoms with Crippen molar-refractivity contribution in [1.82, 2.24) is 5.32 Å². The summed E-state index contributed by atoms with van der Waals surface area (Å²) in [5.74, 6) is -0.289. The van der Waals surface area contributed by atoms with Crippen molar-refractivity contribution in [3.63, 3.8) is 0 Å². The van der Waals surface area contributed by atoms with Crippen LogP contribution in [0.25, 0.3) is 0 Å². The van der Waals surface area contributed by atoms with Gasteiger partial charge in [-0.3, -0.25) is 20.2 Å². The Hall–Kier alpha value is -2.80.